The molecule has 1 saturated heterocycles. The molecule has 0 radical (unpaired) electrons. The molecule has 1 aromatic carbocycles. The van der Waals surface area contributed by atoms with E-state index < -0.39 is 35.6 Å². The average molecular weight is 576 g/mol. The van der Waals surface area contributed by atoms with E-state index in [1.54, 1.807) is 21.6 Å². The maximum Gasteiger partial charge on any atom is 0.247 e. The van der Waals surface area contributed by atoms with Crippen molar-refractivity contribution in [1.29, 1.82) is 0 Å². The number of H-pyrrole nitrogens is 1. The summed E-state index contributed by atoms with van der Waals surface area (Å²) in [5.41, 5.74) is 1.91. The van der Waals surface area contributed by atoms with Crippen molar-refractivity contribution in [2.24, 2.45) is 0 Å². The van der Waals surface area contributed by atoms with Gasteiger partial charge < -0.3 is 20.3 Å². The van der Waals surface area contributed by atoms with Gasteiger partial charge in [0.05, 0.1) is 18.4 Å². The minimum absolute atomic E-state index is 0.126. The second-order valence-corrected chi connectivity index (χ2v) is 10.3. The van der Waals surface area contributed by atoms with Gasteiger partial charge in [-0.2, -0.15) is 19.5 Å². The van der Waals surface area contributed by atoms with Crippen LogP contribution in [-0.4, -0.2) is 54.1 Å². The molecule has 42 heavy (non-hydrogen) atoms. The third-order valence-electron chi connectivity index (χ3n) is 7.24. The molecule has 4 aromatic heterocycles. The molecule has 2 aliphatic rings. The predicted octanol–water partition coefficient (Wildman–Crippen LogP) is 4.55. The number of ether oxygens (including phenoxy) is 1. The van der Waals surface area contributed by atoms with Crippen molar-refractivity contribution >= 4 is 35.0 Å². The molecular formula is C28H24F3N9O2. The van der Waals surface area contributed by atoms with Crippen LogP contribution >= 0.6 is 0 Å². The lowest BCUT2D eigenvalue weighted by atomic mass is 10.1. The molecule has 14 heteroatoms. The van der Waals surface area contributed by atoms with E-state index in [1.165, 1.54) is 18.3 Å². The number of amides is 1. The summed E-state index contributed by atoms with van der Waals surface area (Å²) in [6, 6.07) is 10.3. The zero-order valence-corrected chi connectivity index (χ0v) is 22.0. The largest absolute Gasteiger partial charge is 0.485 e. The molecule has 5 aromatic rings. The van der Waals surface area contributed by atoms with Crippen molar-refractivity contribution in [1.82, 2.24) is 29.5 Å². The fraction of sp³-hybridized carbons (Fsp3) is 0.250. The van der Waals surface area contributed by atoms with Crippen molar-refractivity contribution in [3.8, 4) is 5.75 Å². The van der Waals surface area contributed by atoms with E-state index in [4.69, 9.17) is 9.72 Å². The van der Waals surface area contributed by atoms with Crippen LogP contribution < -0.4 is 20.3 Å². The Kier molecular flexibility index (Phi) is 6.36. The Balaban J connectivity index is 1.21. The number of nitrogens with one attached hydrogen (secondary N) is 3. The van der Waals surface area contributed by atoms with Crippen molar-refractivity contribution < 1.29 is 22.7 Å². The third kappa shape index (κ3) is 5.18. The summed E-state index contributed by atoms with van der Waals surface area (Å²) in [6.45, 7) is 0.126. The first-order valence-corrected chi connectivity index (χ1v) is 13.4. The molecule has 0 unspecified atom stereocenters. The van der Waals surface area contributed by atoms with Gasteiger partial charge in [-0.15, -0.1) is 0 Å². The van der Waals surface area contributed by atoms with Gasteiger partial charge in [-0.3, -0.25) is 14.3 Å². The fourth-order valence-electron chi connectivity index (χ4n) is 5.03. The number of hydrogen-bond donors (Lipinski definition) is 3. The summed E-state index contributed by atoms with van der Waals surface area (Å²) < 4.78 is 48.8. The fourth-order valence-corrected chi connectivity index (χ4v) is 5.03. The molecule has 1 amide bonds. The predicted molar refractivity (Wildman–Crippen MR) is 146 cm³/mol. The Morgan fingerprint density at radius 3 is 2.74 bits per heavy atom. The maximum absolute atomic E-state index is 14.4. The summed E-state index contributed by atoms with van der Waals surface area (Å²) in [6.07, 6.45) is 4.73. The van der Waals surface area contributed by atoms with Crippen LogP contribution in [0.2, 0.25) is 0 Å². The number of nitrogens with zero attached hydrogens (tertiary/aromatic N) is 6. The van der Waals surface area contributed by atoms with Gasteiger partial charge in [0.1, 0.15) is 23.6 Å². The van der Waals surface area contributed by atoms with Gasteiger partial charge in [0.2, 0.25) is 23.8 Å². The normalized spacial score (nSPS) is 18.4. The number of anilines is 4. The van der Waals surface area contributed by atoms with Crippen LogP contribution in [0.15, 0.2) is 60.9 Å². The number of aromatic nitrogens is 6. The minimum atomic E-state index is -0.853. The molecule has 1 aliphatic carbocycles. The van der Waals surface area contributed by atoms with Crippen LogP contribution in [0.4, 0.5) is 36.6 Å². The summed E-state index contributed by atoms with van der Waals surface area (Å²) >= 11 is 0. The molecule has 2 fully saturated rings. The summed E-state index contributed by atoms with van der Waals surface area (Å²) in [4.78, 5) is 28.2. The number of aromatic amines is 1. The monoisotopic (exact) mass is 575 g/mol. The number of fused-ring (bicyclic) bond motifs is 1. The number of halogens is 3. The Bertz CT molecular complexity index is 1770. The SMILES string of the molecule is O=C(Nc1ccc(F)nc1)[C@@H]1C[C@H](Oc2ccc(F)cc2F)CN1c1nc(Nc2cc(C3CC3)[nH]n2)n2cccc2n1. The first kappa shape index (κ1) is 25.8. The van der Waals surface area contributed by atoms with Gasteiger partial charge in [0.25, 0.3) is 0 Å². The lowest BCUT2D eigenvalue weighted by Gasteiger charge is -2.24. The highest BCUT2D eigenvalue weighted by molar-refractivity contribution is 5.97. The topological polar surface area (TPSA) is 125 Å². The highest BCUT2D eigenvalue weighted by Crippen LogP contribution is 2.39. The van der Waals surface area contributed by atoms with Gasteiger partial charge in [0, 0.05) is 36.4 Å². The quantitative estimate of drug-likeness (QED) is 0.230. The van der Waals surface area contributed by atoms with Crippen LogP contribution in [0.5, 0.6) is 5.75 Å². The van der Waals surface area contributed by atoms with Crippen molar-refractivity contribution in [2.45, 2.75) is 37.3 Å². The average Bonchev–Trinajstić information content (AvgIpc) is 3.33. The third-order valence-corrected chi connectivity index (χ3v) is 7.24. The second-order valence-electron chi connectivity index (χ2n) is 10.3. The summed E-state index contributed by atoms with van der Waals surface area (Å²) in [5.74, 6) is -1.12. The Morgan fingerprint density at radius 2 is 1.95 bits per heavy atom. The van der Waals surface area contributed by atoms with Crippen LogP contribution in [0, 0.1) is 17.6 Å². The van der Waals surface area contributed by atoms with Crippen molar-refractivity contribution in [3.05, 3.63) is 84.2 Å². The molecule has 5 heterocycles. The van der Waals surface area contributed by atoms with Gasteiger partial charge >= 0.3 is 0 Å². The molecule has 11 nitrogen and oxygen atoms in total. The first-order chi connectivity index (χ1) is 20.4. The molecule has 214 valence electrons. The van der Waals surface area contributed by atoms with E-state index in [9.17, 15) is 18.0 Å². The van der Waals surface area contributed by atoms with Crippen molar-refractivity contribution in [2.75, 3.05) is 22.1 Å². The van der Waals surface area contributed by atoms with Crippen LogP contribution in [0.25, 0.3) is 5.65 Å². The highest BCUT2D eigenvalue weighted by atomic mass is 19.1. The molecule has 2 atom stereocenters. The van der Waals surface area contributed by atoms with E-state index in [2.05, 4.69) is 30.8 Å². The molecule has 7 rings (SSSR count). The molecule has 1 saturated carbocycles. The van der Waals surface area contributed by atoms with E-state index in [0.717, 1.165) is 36.7 Å². The van der Waals surface area contributed by atoms with Gasteiger partial charge in [0.15, 0.2) is 17.4 Å². The van der Waals surface area contributed by atoms with Gasteiger partial charge in [-0.25, -0.2) is 13.8 Å². The summed E-state index contributed by atoms with van der Waals surface area (Å²) in [7, 11) is 0. The van der Waals surface area contributed by atoms with Crippen molar-refractivity contribution in [3.63, 3.8) is 0 Å². The zero-order valence-electron chi connectivity index (χ0n) is 22.0. The molecular weight excluding hydrogens is 551 g/mol. The van der Waals surface area contributed by atoms with Gasteiger partial charge in [-0.05, 0) is 49.2 Å². The molecule has 3 N–H and O–H groups in total. The van der Waals surface area contributed by atoms with Gasteiger partial charge in [-0.1, -0.05) is 0 Å². The first-order valence-electron chi connectivity index (χ1n) is 13.4. The Hall–Kier alpha value is -5.14. The number of hydrogen-bond acceptors (Lipinski definition) is 8. The van der Waals surface area contributed by atoms with E-state index in [1.807, 2.05) is 12.1 Å². The lowest BCUT2D eigenvalue weighted by molar-refractivity contribution is -0.117. The number of carbonyl (C=O) groups is 1. The number of carbonyl (C=O) groups excluding carboxylic acids is 1. The minimum Gasteiger partial charge on any atom is -0.485 e. The number of pyridine rings is 1. The van der Waals surface area contributed by atoms with Crippen LogP contribution in [0.3, 0.4) is 0 Å². The smallest absolute Gasteiger partial charge is 0.247 e. The zero-order chi connectivity index (χ0) is 28.8. The Morgan fingerprint density at radius 1 is 1.07 bits per heavy atom. The number of benzene rings is 1. The molecule has 1 aliphatic heterocycles. The second kappa shape index (κ2) is 10.4. The van der Waals surface area contributed by atoms with E-state index in [0.29, 0.717) is 29.0 Å². The maximum atomic E-state index is 14.4. The highest BCUT2D eigenvalue weighted by Gasteiger charge is 2.40. The molecule has 0 spiro atoms. The Labute approximate surface area is 236 Å². The lowest BCUT2D eigenvalue weighted by Crippen LogP contribution is -2.40. The van der Waals surface area contributed by atoms with E-state index in [-0.39, 0.29) is 24.7 Å². The van der Waals surface area contributed by atoms with Crippen LogP contribution in [0.1, 0.15) is 30.9 Å². The van der Waals surface area contributed by atoms with Crippen LogP contribution in [-0.2, 0) is 4.79 Å². The summed E-state index contributed by atoms with van der Waals surface area (Å²) in [5, 5.41) is 13.4. The number of rotatable bonds is 8. The molecule has 0 bridgehead atoms. The van der Waals surface area contributed by atoms with E-state index >= 15 is 0 Å². The standard InChI is InChI=1S/C28H24F3N9O2/c29-16-5-7-22(19(30)10-16)42-18-11-21(26(41)33-17-6-8-23(31)32-13-17)40(14-18)28-35-25-2-1-9-39(25)27(36-28)34-24-12-20(37-38-24)15-3-4-15/h1-2,5-10,12-13,15,18,21H,3-4,11,14H2,(H,33,41)(H2,34,35,36,37,38)/t18-,21-/m0/s1.